The van der Waals surface area contributed by atoms with E-state index in [0.29, 0.717) is 51.5 Å². The quantitative estimate of drug-likeness (QED) is 0.198. The molecule has 0 saturated carbocycles. The van der Waals surface area contributed by atoms with Crippen LogP contribution in [0.3, 0.4) is 0 Å². The molecule has 11 heteroatoms. The number of hydrogen-bond acceptors (Lipinski definition) is 8. The number of carbonyl (C=O) groups is 3. The molecule has 4 aromatic rings. The van der Waals surface area contributed by atoms with Crippen LogP contribution in [0.15, 0.2) is 48.5 Å². The molecule has 256 valence electrons. The molecule has 0 radical (unpaired) electrons. The van der Waals surface area contributed by atoms with Crippen molar-refractivity contribution in [3.8, 4) is 0 Å². The summed E-state index contributed by atoms with van der Waals surface area (Å²) in [5.74, 6) is 1.33. The van der Waals surface area contributed by atoms with Gasteiger partial charge in [0.15, 0.2) is 5.82 Å². The monoisotopic (exact) mass is 655 g/mol. The molecule has 1 aliphatic heterocycles. The number of piperidine rings is 1. The van der Waals surface area contributed by atoms with Crippen LogP contribution in [0.2, 0.25) is 0 Å². The number of carbonyl (C=O) groups excluding carboxylic acids is 3. The summed E-state index contributed by atoms with van der Waals surface area (Å²) in [6, 6.07) is 15.8. The smallest absolute Gasteiger partial charge is 0.309 e. The average molecular weight is 656 g/mol. The number of ether oxygens (including phenoxy) is 1. The van der Waals surface area contributed by atoms with Crippen molar-refractivity contribution in [3.63, 3.8) is 0 Å². The maximum absolute atomic E-state index is 14.0. The number of nitrogens with zero attached hydrogens (tertiary/aromatic N) is 6. The van der Waals surface area contributed by atoms with Gasteiger partial charge in [-0.15, -0.1) is 0 Å². The molecular formula is C37H49N7O4. The Kier molecular flexibility index (Phi) is 11.6. The van der Waals surface area contributed by atoms with Crippen LogP contribution in [0.1, 0.15) is 56.0 Å². The summed E-state index contributed by atoms with van der Waals surface area (Å²) in [6.45, 7) is 5.54. The van der Waals surface area contributed by atoms with Crippen LogP contribution < -0.4 is 5.73 Å². The molecule has 2 aromatic carbocycles. The number of imidazole rings is 1. The fourth-order valence-corrected chi connectivity index (χ4v) is 6.67. The fraction of sp³-hybridized carbons (Fsp3) is 0.486. The van der Waals surface area contributed by atoms with Crippen molar-refractivity contribution in [1.82, 2.24) is 29.2 Å². The van der Waals surface area contributed by atoms with Gasteiger partial charge in [-0.25, -0.2) is 9.97 Å². The number of rotatable bonds is 14. The van der Waals surface area contributed by atoms with Crippen LogP contribution >= 0.6 is 0 Å². The summed E-state index contributed by atoms with van der Waals surface area (Å²) < 4.78 is 7.14. The van der Waals surface area contributed by atoms with Gasteiger partial charge in [0.25, 0.3) is 0 Å². The zero-order valence-corrected chi connectivity index (χ0v) is 28.8. The van der Waals surface area contributed by atoms with Crippen molar-refractivity contribution < 1.29 is 19.1 Å². The molecule has 11 nitrogen and oxygen atoms in total. The van der Waals surface area contributed by atoms with Crippen LogP contribution in [-0.2, 0) is 45.1 Å². The lowest BCUT2D eigenvalue weighted by Crippen LogP contribution is -2.45. The summed E-state index contributed by atoms with van der Waals surface area (Å²) >= 11 is 0. The van der Waals surface area contributed by atoms with E-state index in [1.54, 1.807) is 19.0 Å². The van der Waals surface area contributed by atoms with Crippen LogP contribution in [0.5, 0.6) is 0 Å². The Balaban J connectivity index is 1.36. The second-order valence-corrected chi connectivity index (χ2v) is 13.0. The van der Waals surface area contributed by atoms with Crippen molar-refractivity contribution in [2.45, 2.75) is 65.0 Å². The number of aryl methyl sites for hydroxylation is 2. The fourth-order valence-electron chi connectivity index (χ4n) is 6.67. The highest BCUT2D eigenvalue weighted by molar-refractivity contribution is 6.06. The van der Waals surface area contributed by atoms with E-state index in [1.807, 2.05) is 47.4 Å². The standard InChI is InChI=1S/C37H49N7O4/c1-5-6-15-31-40-34-35(29-13-7-8-14-30(29)39-36(34)38)44(31)19-10-18-43(24-27-12-9-11-26(22-27)23-33(46)48-4)32(45)25-42-20-16-28(17-21-42)37(47)41(2)3/h7-9,11-14,22,28H,5-6,10,15-21,23-25H2,1-4H3,(H2,38,39). The zero-order chi connectivity index (χ0) is 34.2. The van der Waals surface area contributed by atoms with E-state index in [1.165, 1.54) is 7.11 Å². The average Bonchev–Trinajstić information content (AvgIpc) is 3.46. The number of esters is 1. The van der Waals surface area contributed by atoms with E-state index in [9.17, 15) is 14.4 Å². The number of nitrogen functional groups attached to an aromatic ring is 1. The Morgan fingerprint density at radius 1 is 1.00 bits per heavy atom. The van der Waals surface area contributed by atoms with E-state index in [-0.39, 0.29) is 30.1 Å². The minimum Gasteiger partial charge on any atom is -0.469 e. The number of aromatic nitrogens is 3. The largest absolute Gasteiger partial charge is 0.469 e. The Labute approximate surface area is 283 Å². The number of amides is 2. The maximum Gasteiger partial charge on any atom is 0.309 e. The molecule has 2 amide bonds. The highest BCUT2D eigenvalue weighted by Crippen LogP contribution is 2.30. The number of pyridine rings is 1. The topological polar surface area (TPSA) is 127 Å². The lowest BCUT2D eigenvalue weighted by atomic mass is 9.95. The van der Waals surface area contributed by atoms with Gasteiger partial charge in [-0.1, -0.05) is 55.8 Å². The summed E-state index contributed by atoms with van der Waals surface area (Å²) in [7, 11) is 4.98. The van der Waals surface area contributed by atoms with Crippen molar-refractivity contribution >= 4 is 45.5 Å². The molecule has 0 aliphatic carbocycles. The minimum atomic E-state index is -0.300. The Morgan fingerprint density at radius 2 is 1.75 bits per heavy atom. The molecule has 2 aromatic heterocycles. The van der Waals surface area contributed by atoms with Crippen molar-refractivity contribution in [1.29, 1.82) is 0 Å². The molecule has 5 rings (SSSR count). The molecule has 48 heavy (non-hydrogen) atoms. The van der Waals surface area contributed by atoms with Gasteiger partial charge in [-0.05, 0) is 56.0 Å². The minimum absolute atomic E-state index is 0.00669. The summed E-state index contributed by atoms with van der Waals surface area (Å²) in [6.07, 6.45) is 5.29. The predicted molar refractivity (Wildman–Crippen MR) is 188 cm³/mol. The second-order valence-electron chi connectivity index (χ2n) is 13.0. The Bertz CT molecular complexity index is 1740. The highest BCUT2D eigenvalue weighted by atomic mass is 16.5. The van der Waals surface area contributed by atoms with Crippen LogP contribution in [0.4, 0.5) is 5.82 Å². The molecule has 1 aliphatic rings. The number of hydrogen-bond donors (Lipinski definition) is 1. The third kappa shape index (κ3) is 8.31. The Hall–Kier alpha value is -4.51. The number of anilines is 1. The summed E-state index contributed by atoms with van der Waals surface area (Å²) in [5, 5.41) is 1.02. The predicted octanol–water partition coefficient (Wildman–Crippen LogP) is 4.44. The molecule has 3 heterocycles. The zero-order valence-electron chi connectivity index (χ0n) is 28.8. The number of nitrogens with two attached hydrogens (primary N) is 1. The van der Waals surface area contributed by atoms with E-state index in [0.717, 1.165) is 71.0 Å². The van der Waals surface area contributed by atoms with Crippen molar-refractivity contribution in [3.05, 3.63) is 65.5 Å². The third-order valence-electron chi connectivity index (χ3n) is 9.28. The van der Waals surface area contributed by atoms with Gasteiger partial charge in [-0.3, -0.25) is 19.3 Å². The van der Waals surface area contributed by atoms with Gasteiger partial charge >= 0.3 is 5.97 Å². The van der Waals surface area contributed by atoms with Crippen LogP contribution in [0.25, 0.3) is 21.9 Å². The van der Waals surface area contributed by atoms with E-state index >= 15 is 0 Å². The van der Waals surface area contributed by atoms with Crippen LogP contribution in [-0.4, -0.2) is 94.4 Å². The number of para-hydroxylation sites is 1. The van der Waals surface area contributed by atoms with Crippen molar-refractivity contribution in [2.75, 3.05) is 53.1 Å². The van der Waals surface area contributed by atoms with E-state index in [4.69, 9.17) is 15.5 Å². The lowest BCUT2D eigenvalue weighted by molar-refractivity contribution is -0.140. The first-order chi connectivity index (χ1) is 23.2. The first kappa shape index (κ1) is 34.8. The number of fused-ring (bicyclic) bond motifs is 3. The number of methoxy groups -OCH3 is 1. The number of likely N-dealkylation sites (tertiary alicyclic amines) is 1. The summed E-state index contributed by atoms with van der Waals surface area (Å²) in [5.41, 5.74) is 10.8. The molecule has 0 spiro atoms. The normalized spacial score (nSPS) is 14.0. The van der Waals surface area contributed by atoms with Gasteiger partial charge in [0.2, 0.25) is 11.8 Å². The molecule has 0 atom stereocenters. The van der Waals surface area contributed by atoms with Gasteiger partial charge in [0, 0.05) is 51.5 Å². The van der Waals surface area contributed by atoms with Gasteiger partial charge in [-0.2, -0.15) is 0 Å². The van der Waals surface area contributed by atoms with Gasteiger partial charge < -0.3 is 24.8 Å². The number of benzene rings is 2. The molecule has 1 saturated heterocycles. The molecule has 0 unspecified atom stereocenters. The van der Waals surface area contributed by atoms with Crippen LogP contribution in [0, 0.1) is 5.92 Å². The first-order valence-electron chi connectivity index (χ1n) is 17.1. The van der Waals surface area contributed by atoms with Gasteiger partial charge in [0.1, 0.15) is 11.3 Å². The van der Waals surface area contributed by atoms with Gasteiger partial charge in [0.05, 0.1) is 31.1 Å². The lowest BCUT2D eigenvalue weighted by Gasteiger charge is -2.33. The first-order valence-corrected chi connectivity index (χ1v) is 17.1. The molecule has 0 bridgehead atoms. The summed E-state index contributed by atoms with van der Waals surface area (Å²) in [4.78, 5) is 53.8. The van der Waals surface area contributed by atoms with E-state index < -0.39 is 0 Å². The third-order valence-corrected chi connectivity index (χ3v) is 9.28. The number of unbranched alkanes of at least 4 members (excludes halogenated alkanes) is 1. The molecule has 2 N–H and O–H groups in total. The molecule has 1 fully saturated rings. The second kappa shape index (κ2) is 16.1. The highest BCUT2D eigenvalue weighted by Gasteiger charge is 2.28. The maximum atomic E-state index is 14.0. The van der Waals surface area contributed by atoms with Crippen molar-refractivity contribution in [2.24, 2.45) is 5.92 Å². The molecular weight excluding hydrogens is 606 g/mol. The SMILES string of the molecule is CCCCc1nc2c(N)nc3ccccc3c2n1CCCN(Cc1cccc(CC(=O)OC)c1)C(=O)CN1CCC(C(=O)N(C)C)CC1. The Morgan fingerprint density at radius 3 is 2.48 bits per heavy atom. The van der Waals surface area contributed by atoms with E-state index in [2.05, 4.69) is 27.4 Å².